The lowest BCUT2D eigenvalue weighted by atomic mass is 9.99. The van der Waals surface area contributed by atoms with Crippen molar-refractivity contribution >= 4 is 10.0 Å². The number of sulfonamides is 1. The molecule has 0 amide bonds. The molecule has 0 aliphatic heterocycles. The van der Waals surface area contributed by atoms with Crippen LogP contribution in [0.4, 0.5) is 0 Å². The first kappa shape index (κ1) is 20.1. The second-order valence-electron chi connectivity index (χ2n) is 6.89. The molecule has 0 fully saturated rings. The molecule has 1 N–H and O–H groups in total. The topological polar surface area (TPSA) is 55.4 Å². The summed E-state index contributed by atoms with van der Waals surface area (Å²) in [5.41, 5.74) is 4.40. The molecule has 0 spiro atoms. The summed E-state index contributed by atoms with van der Waals surface area (Å²) in [7, 11) is -2.17. The highest BCUT2D eigenvalue weighted by Crippen LogP contribution is 2.29. The fraction of sp³-hybridized carbons (Fsp3) is 0.217. The second kappa shape index (κ2) is 8.17. The van der Waals surface area contributed by atoms with Gasteiger partial charge in [0.25, 0.3) is 0 Å². The molecular formula is C23H25NO3S. The molecule has 28 heavy (non-hydrogen) atoms. The third-order valence-corrected chi connectivity index (χ3v) is 6.58. The van der Waals surface area contributed by atoms with Crippen LogP contribution in [-0.4, -0.2) is 15.5 Å². The van der Waals surface area contributed by atoms with Crippen LogP contribution in [0.15, 0.2) is 71.6 Å². The Kier molecular flexibility index (Phi) is 5.87. The molecule has 0 heterocycles. The maximum absolute atomic E-state index is 13.3. The van der Waals surface area contributed by atoms with Crippen molar-refractivity contribution in [1.82, 2.24) is 4.72 Å². The monoisotopic (exact) mass is 395 g/mol. The van der Waals surface area contributed by atoms with Gasteiger partial charge in [-0.3, -0.25) is 0 Å². The number of hydrogen-bond acceptors (Lipinski definition) is 3. The van der Waals surface area contributed by atoms with Gasteiger partial charge in [-0.15, -0.1) is 0 Å². The summed E-state index contributed by atoms with van der Waals surface area (Å²) in [5.74, 6) is 0.676. The Hall–Kier alpha value is -2.63. The quantitative estimate of drug-likeness (QED) is 0.659. The lowest BCUT2D eigenvalue weighted by molar-refractivity contribution is 0.410. The summed E-state index contributed by atoms with van der Waals surface area (Å²) >= 11 is 0. The number of benzene rings is 3. The number of nitrogens with one attached hydrogen (secondary N) is 1. The summed E-state index contributed by atoms with van der Waals surface area (Å²) in [5, 5.41) is 0. The Morgan fingerprint density at radius 2 is 1.39 bits per heavy atom. The highest BCUT2D eigenvalue weighted by molar-refractivity contribution is 7.89. The fourth-order valence-corrected chi connectivity index (χ4v) is 4.75. The van der Waals surface area contributed by atoms with Gasteiger partial charge in [0, 0.05) is 0 Å². The van der Waals surface area contributed by atoms with Crippen LogP contribution in [0.3, 0.4) is 0 Å². The molecule has 0 unspecified atom stereocenters. The van der Waals surface area contributed by atoms with Gasteiger partial charge in [-0.2, -0.15) is 4.72 Å². The van der Waals surface area contributed by atoms with Crippen LogP contribution in [-0.2, 0) is 10.0 Å². The molecule has 146 valence electrons. The van der Waals surface area contributed by atoms with E-state index in [1.54, 1.807) is 26.2 Å². The molecule has 3 rings (SSSR count). The predicted octanol–water partition coefficient (Wildman–Crippen LogP) is 4.69. The first-order valence-electron chi connectivity index (χ1n) is 9.11. The van der Waals surface area contributed by atoms with Gasteiger partial charge in [-0.25, -0.2) is 8.42 Å². The van der Waals surface area contributed by atoms with Crippen LogP contribution in [0.1, 0.15) is 33.9 Å². The van der Waals surface area contributed by atoms with Crippen molar-refractivity contribution in [2.45, 2.75) is 31.7 Å². The first-order valence-corrected chi connectivity index (χ1v) is 10.6. The Balaban J connectivity index is 2.05. The SMILES string of the molecule is COc1ccc(S(=O)(=O)N[C@H](c2ccccc2)c2ccc(C)cc2)c(C)c1C. The molecule has 0 radical (unpaired) electrons. The summed E-state index contributed by atoms with van der Waals surface area (Å²) in [6.07, 6.45) is 0. The average Bonchev–Trinajstić information content (AvgIpc) is 2.69. The number of ether oxygens (including phenoxy) is 1. The summed E-state index contributed by atoms with van der Waals surface area (Å²) < 4.78 is 34.8. The van der Waals surface area contributed by atoms with Crippen LogP contribution >= 0.6 is 0 Å². The smallest absolute Gasteiger partial charge is 0.241 e. The molecule has 0 bridgehead atoms. The van der Waals surface area contributed by atoms with Crippen molar-refractivity contribution in [2.75, 3.05) is 7.11 Å². The van der Waals surface area contributed by atoms with E-state index in [0.29, 0.717) is 11.3 Å². The number of aryl methyl sites for hydroxylation is 1. The number of hydrogen-bond donors (Lipinski definition) is 1. The lowest BCUT2D eigenvalue weighted by Gasteiger charge is -2.21. The standard InChI is InChI=1S/C23H25NO3S/c1-16-10-12-20(13-11-16)23(19-8-6-5-7-9-19)24-28(25,26)22-15-14-21(27-4)17(2)18(22)3/h5-15,23-24H,1-4H3/t23-/m1/s1. The van der Waals surface area contributed by atoms with E-state index in [4.69, 9.17) is 4.74 Å². The van der Waals surface area contributed by atoms with Gasteiger partial charge in [0.15, 0.2) is 0 Å². The van der Waals surface area contributed by atoms with E-state index in [2.05, 4.69) is 4.72 Å². The largest absolute Gasteiger partial charge is 0.496 e. The van der Waals surface area contributed by atoms with E-state index in [1.807, 2.05) is 68.4 Å². The molecule has 3 aromatic rings. The van der Waals surface area contributed by atoms with Gasteiger partial charge < -0.3 is 4.74 Å². The van der Waals surface area contributed by atoms with Gasteiger partial charge in [0.2, 0.25) is 10.0 Å². The molecule has 0 aliphatic rings. The van der Waals surface area contributed by atoms with E-state index in [1.165, 1.54) is 0 Å². The molecule has 3 aromatic carbocycles. The van der Waals surface area contributed by atoms with Crippen molar-refractivity contribution in [3.05, 3.63) is 94.5 Å². The summed E-state index contributed by atoms with van der Waals surface area (Å²) in [6.45, 7) is 5.67. The minimum absolute atomic E-state index is 0.263. The molecule has 0 saturated carbocycles. The van der Waals surface area contributed by atoms with E-state index in [0.717, 1.165) is 22.3 Å². The maximum Gasteiger partial charge on any atom is 0.241 e. The molecule has 5 heteroatoms. The van der Waals surface area contributed by atoms with Crippen molar-refractivity contribution in [3.63, 3.8) is 0 Å². The Morgan fingerprint density at radius 1 is 0.786 bits per heavy atom. The lowest BCUT2D eigenvalue weighted by Crippen LogP contribution is -2.30. The zero-order valence-electron chi connectivity index (χ0n) is 16.6. The minimum Gasteiger partial charge on any atom is -0.496 e. The fourth-order valence-electron chi connectivity index (χ4n) is 3.23. The van der Waals surface area contributed by atoms with Gasteiger partial charge >= 0.3 is 0 Å². The van der Waals surface area contributed by atoms with E-state index < -0.39 is 16.1 Å². The average molecular weight is 396 g/mol. The first-order chi connectivity index (χ1) is 13.3. The molecule has 4 nitrogen and oxygen atoms in total. The molecular weight excluding hydrogens is 370 g/mol. The van der Waals surface area contributed by atoms with Gasteiger partial charge in [-0.05, 0) is 55.2 Å². The highest BCUT2D eigenvalue weighted by Gasteiger charge is 2.25. The third-order valence-electron chi connectivity index (χ3n) is 5.01. The van der Waals surface area contributed by atoms with Crippen molar-refractivity contribution in [2.24, 2.45) is 0 Å². The zero-order chi connectivity index (χ0) is 20.3. The Labute approximate surface area is 167 Å². The molecule has 1 atom stereocenters. The zero-order valence-corrected chi connectivity index (χ0v) is 17.4. The van der Waals surface area contributed by atoms with Crippen LogP contribution in [0.5, 0.6) is 5.75 Å². The molecule has 0 aromatic heterocycles. The van der Waals surface area contributed by atoms with Crippen molar-refractivity contribution in [3.8, 4) is 5.75 Å². The van der Waals surface area contributed by atoms with Crippen LogP contribution in [0.2, 0.25) is 0 Å². The van der Waals surface area contributed by atoms with Crippen LogP contribution in [0, 0.1) is 20.8 Å². The van der Waals surface area contributed by atoms with Crippen LogP contribution in [0.25, 0.3) is 0 Å². The molecule has 0 saturated heterocycles. The normalized spacial score (nSPS) is 12.6. The van der Waals surface area contributed by atoms with Gasteiger partial charge in [0.05, 0.1) is 18.0 Å². The number of rotatable bonds is 6. The van der Waals surface area contributed by atoms with E-state index in [9.17, 15) is 8.42 Å². The number of methoxy groups -OCH3 is 1. The Bertz CT molecular complexity index is 1060. The van der Waals surface area contributed by atoms with Gasteiger partial charge in [0.1, 0.15) is 5.75 Å². The van der Waals surface area contributed by atoms with E-state index in [-0.39, 0.29) is 4.90 Å². The third kappa shape index (κ3) is 4.11. The van der Waals surface area contributed by atoms with E-state index >= 15 is 0 Å². The van der Waals surface area contributed by atoms with Gasteiger partial charge in [-0.1, -0.05) is 60.2 Å². The second-order valence-corrected chi connectivity index (χ2v) is 8.57. The van der Waals surface area contributed by atoms with Crippen molar-refractivity contribution < 1.29 is 13.2 Å². The maximum atomic E-state index is 13.3. The summed E-state index contributed by atoms with van der Waals surface area (Å²) in [6, 6.07) is 20.3. The predicted molar refractivity (Wildman–Crippen MR) is 112 cm³/mol. The summed E-state index contributed by atoms with van der Waals surface area (Å²) in [4.78, 5) is 0.263. The van der Waals surface area contributed by atoms with Crippen molar-refractivity contribution in [1.29, 1.82) is 0 Å². The Morgan fingerprint density at radius 3 is 2.00 bits per heavy atom. The molecule has 0 aliphatic carbocycles. The highest BCUT2D eigenvalue weighted by atomic mass is 32.2. The van der Waals surface area contributed by atoms with Crippen LogP contribution < -0.4 is 9.46 Å². The minimum atomic E-state index is -3.75.